The Bertz CT molecular complexity index is 652. The predicted molar refractivity (Wildman–Crippen MR) is 80.1 cm³/mol. The number of hydrogen-bond donors (Lipinski definition) is 2. The molecule has 20 heavy (non-hydrogen) atoms. The van der Waals surface area contributed by atoms with Crippen molar-refractivity contribution in [3.05, 3.63) is 35.2 Å². The first-order valence-corrected chi connectivity index (χ1v) is 7.38. The van der Waals surface area contributed by atoms with Crippen LogP contribution >= 0.6 is 11.5 Å². The van der Waals surface area contributed by atoms with E-state index in [1.807, 2.05) is 19.1 Å². The number of benzene rings is 1. The highest BCUT2D eigenvalue weighted by atomic mass is 32.1. The minimum Gasteiger partial charge on any atom is -0.354 e. The van der Waals surface area contributed by atoms with E-state index in [1.165, 1.54) is 22.7 Å². The summed E-state index contributed by atoms with van der Waals surface area (Å²) in [6.45, 7) is 3.98. The van der Waals surface area contributed by atoms with Crippen LogP contribution < -0.4 is 10.6 Å². The second-order valence-electron chi connectivity index (χ2n) is 4.98. The van der Waals surface area contributed by atoms with Crippen LogP contribution in [0.2, 0.25) is 0 Å². The maximum absolute atomic E-state index is 11.4. The number of fused-ring (bicyclic) bond motifs is 1. The third-order valence-corrected chi connectivity index (χ3v) is 4.13. The molecule has 1 aromatic heterocycles. The third-order valence-electron chi connectivity index (χ3n) is 3.39. The highest BCUT2D eigenvalue weighted by molar-refractivity contribution is 7.09. The number of carbonyl (C=O) groups is 1. The Morgan fingerprint density at radius 3 is 3.00 bits per heavy atom. The average Bonchev–Trinajstić information content (AvgIpc) is 2.83. The van der Waals surface area contributed by atoms with E-state index in [1.54, 1.807) is 0 Å². The van der Waals surface area contributed by atoms with Gasteiger partial charge in [-0.3, -0.25) is 4.79 Å². The van der Waals surface area contributed by atoms with Crippen LogP contribution in [0.1, 0.15) is 36.3 Å². The van der Waals surface area contributed by atoms with E-state index in [0.717, 1.165) is 23.1 Å². The number of hydrogen-bond acceptors (Lipinski definition) is 5. The Morgan fingerprint density at radius 2 is 2.25 bits per heavy atom. The molecular weight excluding hydrogens is 272 g/mol. The molecule has 104 valence electrons. The summed E-state index contributed by atoms with van der Waals surface area (Å²) >= 11 is 1.37. The van der Waals surface area contributed by atoms with Crippen molar-refractivity contribution in [2.45, 2.75) is 32.7 Å². The zero-order valence-electron chi connectivity index (χ0n) is 11.4. The summed E-state index contributed by atoms with van der Waals surface area (Å²) in [5.41, 5.74) is 3.32. The summed E-state index contributed by atoms with van der Waals surface area (Å²) < 4.78 is 4.16. The molecule has 0 saturated carbocycles. The van der Waals surface area contributed by atoms with Crippen LogP contribution in [0.5, 0.6) is 0 Å². The van der Waals surface area contributed by atoms with Gasteiger partial charge in [-0.2, -0.15) is 4.37 Å². The molecule has 0 bridgehead atoms. The Kier molecular flexibility index (Phi) is 3.40. The molecule has 2 heterocycles. The number of anilines is 2. The van der Waals surface area contributed by atoms with E-state index in [-0.39, 0.29) is 11.9 Å². The van der Waals surface area contributed by atoms with Crippen molar-refractivity contribution >= 4 is 28.3 Å². The molecular formula is C14H16N4OS. The molecule has 0 spiro atoms. The molecule has 1 atom stereocenters. The Morgan fingerprint density at radius 1 is 1.40 bits per heavy atom. The first-order chi connectivity index (χ1) is 9.61. The Balaban J connectivity index is 1.78. The van der Waals surface area contributed by atoms with Gasteiger partial charge in [0.05, 0.1) is 6.04 Å². The van der Waals surface area contributed by atoms with Crippen LogP contribution in [0.3, 0.4) is 0 Å². The van der Waals surface area contributed by atoms with Gasteiger partial charge in [0.25, 0.3) is 0 Å². The number of carbonyl (C=O) groups excluding carboxylic acids is 1. The summed E-state index contributed by atoms with van der Waals surface area (Å²) in [7, 11) is 0. The number of aromatic nitrogens is 2. The summed E-state index contributed by atoms with van der Waals surface area (Å²) in [5.74, 6) is 0.888. The molecule has 1 unspecified atom stereocenters. The fourth-order valence-electron chi connectivity index (χ4n) is 2.30. The van der Waals surface area contributed by atoms with E-state index in [4.69, 9.17) is 0 Å². The summed E-state index contributed by atoms with van der Waals surface area (Å²) in [4.78, 5) is 15.7. The predicted octanol–water partition coefficient (Wildman–Crippen LogP) is 2.90. The van der Waals surface area contributed by atoms with Gasteiger partial charge in [0.2, 0.25) is 11.0 Å². The fraction of sp³-hybridized carbons (Fsp3) is 0.357. The number of nitrogens with zero attached hydrogens (tertiary/aromatic N) is 2. The lowest BCUT2D eigenvalue weighted by atomic mass is 9.98. The highest BCUT2D eigenvalue weighted by Gasteiger charge is 2.16. The normalized spacial score (nSPS) is 15.4. The quantitative estimate of drug-likeness (QED) is 0.911. The molecule has 1 aliphatic rings. The Labute approximate surface area is 121 Å². The lowest BCUT2D eigenvalue weighted by Crippen LogP contribution is -2.19. The summed E-state index contributed by atoms with van der Waals surface area (Å²) in [5, 5.41) is 7.09. The number of aryl methyl sites for hydroxylation is 2. The molecule has 0 fully saturated rings. The van der Waals surface area contributed by atoms with E-state index < -0.39 is 0 Å². The third kappa shape index (κ3) is 2.65. The van der Waals surface area contributed by atoms with Crippen LogP contribution in [0.25, 0.3) is 0 Å². The lowest BCUT2D eigenvalue weighted by molar-refractivity contribution is -0.116. The molecule has 1 amide bonds. The van der Waals surface area contributed by atoms with Crippen molar-refractivity contribution in [3.63, 3.8) is 0 Å². The van der Waals surface area contributed by atoms with Gasteiger partial charge in [0.1, 0.15) is 5.82 Å². The second-order valence-corrected chi connectivity index (χ2v) is 5.73. The van der Waals surface area contributed by atoms with Gasteiger partial charge in [-0.05, 0) is 37.5 Å². The van der Waals surface area contributed by atoms with E-state index in [2.05, 4.69) is 33.0 Å². The molecule has 5 nitrogen and oxygen atoms in total. The second kappa shape index (κ2) is 5.20. The van der Waals surface area contributed by atoms with Gasteiger partial charge in [-0.25, -0.2) is 4.98 Å². The fourth-order valence-corrected chi connectivity index (χ4v) is 2.96. The molecule has 2 N–H and O–H groups in total. The molecule has 6 heteroatoms. The van der Waals surface area contributed by atoms with Crippen LogP contribution in [0.15, 0.2) is 18.2 Å². The summed E-state index contributed by atoms with van der Waals surface area (Å²) in [6, 6.07) is 6.33. The Hall–Kier alpha value is -1.95. The molecule has 3 rings (SSSR count). The zero-order valence-corrected chi connectivity index (χ0v) is 12.3. The monoisotopic (exact) mass is 288 g/mol. The minimum absolute atomic E-state index is 0.0979. The van der Waals surface area contributed by atoms with Crippen LogP contribution in [0.4, 0.5) is 10.8 Å². The molecule has 1 aromatic carbocycles. The number of amides is 1. The molecule has 0 saturated heterocycles. The smallest absolute Gasteiger partial charge is 0.224 e. The average molecular weight is 288 g/mol. The number of nitrogens with one attached hydrogen (secondary N) is 2. The van der Waals surface area contributed by atoms with Gasteiger partial charge >= 0.3 is 0 Å². The topological polar surface area (TPSA) is 66.9 Å². The molecule has 1 aliphatic heterocycles. The van der Waals surface area contributed by atoms with Gasteiger partial charge in [-0.15, -0.1) is 0 Å². The standard InChI is InChI=1S/C14H16N4OS/c1-8(15-14-16-9(2)18-20-14)10-3-5-12-11(7-10)4-6-13(19)17-12/h3,5,7-8H,4,6H2,1-2H3,(H,17,19)(H,15,16,18). The maximum Gasteiger partial charge on any atom is 0.224 e. The van der Waals surface area contributed by atoms with E-state index in [0.29, 0.717) is 6.42 Å². The first-order valence-electron chi connectivity index (χ1n) is 6.61. The zero-order chi connectivity index (χ0) is 14.1. The minimum atomic E-state index is 0.0979. The van der Waals surface area contributed by atoms with Crippen molar-refractivity contribution in [2.24, 2.45) is 0 Å². The van der Waals surface area contributed by atoms with Crippen molar-refractivity contribution < 1.29 is 4.79 Å². The van der Waals surface area contributed by atoms with Crippen molar-refractivity contribution in [1.29, 1.82) is 0 Å². The molecule has 0 radical (unpaired) electrons. The van der Waals surface area contributed by atoms with E-state index in [9.17, 15) is 4.79 Å². The highest BCUT2D eigenvalue weighted by Crippen LogP contribution is 2.27. The van der Waals surface area contributed by atoms with Gasteiger partial charge in [-0.1, -0.05) is 12.1 Å². The van der Waals surface area contributed by atoms with Crippen molar-refractivity contribution in [1.82, 2.24) is 9.36 Å². The number of rotatable bonds is 3. The SMILES string of the molecule is Cc1nsc(NC(C)c2ccc3c(c2)CCC(=O)N3)n1. The molecule has 2 aromatic rings. The van der Waals surface area contributed by atoms with Crippen molar-refractivity contribution in [3.8, 4) is 0 Å². The first kappa shape index (κ1) is 13.1. The van der Waals surface area contributed by atoms with Gasteiger partial charge in [0.15, 0.2) is 0 Å². The largest absolute Gasteiger partial charge is 0.354 e. The van der Waals surface area contributed by atoms with Crippen LogP contribution in [-0.2, 0) is 11.2 Å². The van der Waals surface area contributed by atoms with Gasteiger partial charge in [0, 0.05) is 23.6 Å². The molecule has 0 aliphatic carbocycles. The van der Waals surface area contributed by atoms with E-state index >= 15 is 0 Å². The van der Waals surface area contributed by atoms with Crippen molar-refractivity contribution in [2.75, 3.05) is 10.6 Å². The summed E-state index contributed by atoms with van der Waals surface area (Å²) in [6.07, 6.45) is 1.37. The maximum atomic E-state index is 11.4. The van der Waals surface area contributed by atoms with Crippen LogP contribution in [0, 0.1) is 6.92 Å². The lowest BCUT2D eigenvalue weighted by Gasteiger charge is -2.20. The van der Waals surface area contributed by atoms with Crippen LogP contribution in [-0.4, -0.2) is 15.3 Å². The van der Waals surface area contributed by atoms with Gasteiger partial charge < -0.3 is 10.6 Å².